The van der Waals surface area contributed by atoms with Gasteiger partial charge in [0, 0.05) is 0 Å². The molecule has 3 aromatic rings. The Morgan fingerprint density at radius 2 is 1.95 bits per heavy atom. The Morgan fingerprint density at radius 1 is 1.18 bits per heavy atom. The molecule has 22 heavy (non-hydrogen) atoms. The quantitative estimate of drug-likeness (QED) is 0.481. The molecule has 1 aromatic heterocycles. The summed E-state index contributed by atoms with van der Waals surface area (Å²) >= 11 is 3.16. The summed E-state index contributed by atoms with van der Waals surface area (Å²) in [5.41, 5.74) is 2.80. The van der Waals surface area contributed by atoms with Crippen LogP contribution in [0.5, 0.6) is 5.75 Å². The van der Waals surface area contributed by atoms with Crippen LogP contribution in [0.25, 0.3) is 11.0 Å². The molecule has 0 saturated carbocycles. The number of rotatable bonds is 5. The summed E-state index contributed by atoms with van der Waals surface area (Å²) in [6.07, 6.45) is 0. The number of ketones is 1. The fourth-order valence-electron chi connectivity index (χ4n) is 2.30. The van der Waals surface area contributed by atoms with Crippen molar-refractivity contribution in [1.29, 1.82) is 0 Å². The number of carbonyl (C=O) groups excluding carboxylic acids is 1. The lowest BCUT2D eigenvalue weighted by atomic mass is 10.1. The van der Waals surface area contributed by atoms with Crippen molar-refractivity contribution >= 4 is 32.7 Å². The molecule has 4 heteroatoms. The van der Waals surface area contributed by atoms with Crippen LogP contribution in [0.4, 0.5) is 0 Å². The summed E-state index contributed by atoms with van der Waals surface area (Å²) in [7, 11) is 0. The Balaban J connectivity index is 1.94. The van der Waals surface area contributed by atoms with Crippen LogP contribution in [0, 0.1) is 6.92 Å². The second-order valence-electron chi connectivity index (χ2n) is 5.12. The largest absolute Gasteiger partial charge is 0.488 e. The van der Waals surface area contributed by atoms with E-state index in [1.54, 1.807) is 6.07 Å². The molecular weight excluding hydrogens is 344 g/mol. The van der Waals surface area contributed by atoms with E-state index < -0.39 is 0 Å². The third kappa shape index (κ3) is 3.07. The highest BCUT2D eigenvalue weighted by molar-refractivity contribution is 9.09. The van der Waals surface area contributed by atoms with E-state index in [4.69, 9.17) is 9.15 Å². The van der Waals surface area contributed by atoms with Crippen molar-refractivity contribution in [3.05, 3.63) is 65.4 Å². The van der Waals surface area contributed by atoms with Crippen LogP contribution in [-0.2, 0) is 6.61 Å². The first-order valence-electron chi connectivity index (χ1n) is 6.97. The van der Waals surface area contributed by atoms with Gasteiger partial charge in [0.05, 0.1) is 10.7 Å². The summed E-state index contributed by atoms with van der Waals surface area (Å²) in [6.45, 7) is 2.45. The van der Waals surface area contributed by atoms with Crippen LogP contribution in [-0.4, -0.2) is 11.1 Å². The minimum atomic E-state index is -0.0807. The topological polar surface area (TPSA) is 39.4 Å². The fourth-order valence-corrected chi connectivity index (χ4v) is 2.57. The minimum absolute atomic E-state index is 0.0807. The zero-order valence-electron chi connectivity index (χ0n) is 12.1. The van der Waals surface area contributed by atoms with Crippen molar-refractivity contribution in [2.24, 2.45) is 0 Å². The summed E-state index contributed by atoms with van der Waals surface area (Å²) in [6, 6.07) is 15.6. The van der Waals surface area contributed by atoms with Gasteiger partial charge in [0.1, 0.15) is 17.9 Å². The number of furan rings is 1. The maximum atomic E-state index is 11.8. The molecule has 3 nitrogen and oxygen atoms in total. The molecule has 0 bridgehead atoms. The molecule has 0 N–H and O–H groups in total. The number of hydrogen-bond acceptors (Lipinski definition) is 3. The lowest BCUT2D eigenvalue weighted by Gasteiger charge is -2.08. The molecule has 0 unspecified atom stereocenters. The Kier molecular flexibility index (Phi) is 4.29. The van der Waals surface area contributed by atoms with Crippen molar-refractivity contribution in [2.45, 2.75) is 13.5 Å². The van der Waals surface area contributed by atoms with Gasteiger partial charge in [0.15, 0.2) is 5.76 Å². The van der Waals surface area contributed by atoms with Crippen molar-refractivity contribution in [3.63, 3.8) is 0 Å². The van der Waals surface area contributed by atoms with E-state index in [9.17, 15) is 4.79 Å². The second kappa shape index (κ2) is 6.36. The number of carbonyl (C=O) groups is 1. The van der Waals surface area contributed by atoms with Crippen LogP contribution in [0.15, 0.2) is 52.9 Å². The van der Waals surface area contributed by atoms with E-state index in [2.05, 4.69) is 15.9 Å². The molecule has 0 amide bonds. The fraction of sp³-hybridized carbons (Fsp3) is 0.167. The van der Waals surface area contributed by atoms with Crippen LogP contribution in [0.3, 0.4) is 0 Å². The van der Waals surface area contributed by atoms with Gasteiger partial charge in [-0.1, -0.05) is 46.3 Å². The molecule has 0 saturated heterocycles. The van der Waals surface area contributed by atoms with Crippen LogP contribution >= 0.6 is 15.9 Å². The monoisotopic (exact) mass is 358 g/mol. The Bertz CT molecular complexity index is 806. The highest BCUT2D eigenvalue weighted by atomic mass is 79.9. The first-order valence-corrected chi connectivity index (χ1v) is 8.09. The van der Waals surface area contributed by atoms with Crippen molar-refractivity contribution in [1.82, 2.24) is 0 Å². The van der Waals surface area contributed by atoms with E-state index in [0.717, 1.165) is 22.3 Å². The average molecular weight is 359 g/mol. The van der Waals surface area contributed by atoms with E-state index in [1.807, 2.05) is 49.4 Å². The first-order chi connectivity index (χ1) is 10.7. The van der Waals surface area contributed by atoms with Gasteiger partial charge in [0.25, 0.3) is 0 Å². The Hall–Kier alpha value is -2.07. The number of aryl methyl sites for hydroxylation is 1. The number of alkyl halides is 1. The Morgan fingerprint density at radius 3 is 2.68 bits per heavy atom. The predicted octanol–water partition coefficient (Wildman–Crippen LogP) is 4.90. The molecule has 0 aliphatic heterocycles. The van der Waals surface area contributed by atoms with Crippen LogP contribution in [0.2, 0.25) is 0 Å². The number of benzene rings is 2. The molecule has 0 spiro atoms. The van der Waals surface area contributed by atoms with E-state index in [-0.39, 0.29) is 11.1 Å². The smallest absolute Gasteiger partial charge is 0.208 e. The van der Waals surface area contributed by atoms with Gasteiger partial charge < -0.3 is 9.15 Å². The molecule has 3 rings (SSSR count). The van der Waals surface area contributed by atoms with E-state index in [1.165, 1.54) is 0 Å². The normalized spacial score (nSPS) is 10.8. The Labute approximate surface area is 137 Å². The summed E-state index contributed by atoms with van der Waals surface area (Å²) < 4.78 is 11.6. The maximum absolute atomic E-state index is 11.8. The number of halogens is 1. The van der Waals surface area contributed by atoms with Gasteiger partial charge in [-0.2, -0.15) is 0 Å². The second-order valence-corrected chi connectivity index (χ2v) is 5.68. The lowest BCUT2D eigenvalue weighted by Crippen LogP contribution is -1.96. The number of hydrogen-bond donors (Lipinski definition) is 0. The van der Waals surface area contributed by atoms with Crippen molar-refractivity contribution in [2.75, 3.05) is 5.33 Å². The van der Waals surface area contributed by atoms with Crippen LogP contribution in [0.1, 0.15) is 21.7 Å². The molecule has 0 aliphatic rings. The van der Waals surface area contributed by atoms with Crippen LogP contribution < -0.4 is 4.74 Å². The average Bonchev–Trinajstić information content (AvgIpc) is 2.96. The highest BCUT2D eigenvalue weighted by Gasteiger charge is 2.14. The van der Waals surface area contributed by atoms with E-state index in [0.29, 0.717) is 18.0 Å². The van der Waals surface area contributed by atoms with Crippen molar-refractivity contribution < 1.29 is 13.9 Å². The molecule has 0 atom stereocenters. The van der Waals surface area contributed by atoms with Gasteiger partial charge in [0.2, 0.25) is 5.78 Å². The SMILES string of the molecule is Cc1cc(OCc2ccccc2)c2cc(C(=O)CBr)oc2c1. The van der Waals surface area contributed by atoms with Gasteiger partial charge >= 0.3 is 0 Å². The third-order valence-electron chi connectivity index (χ3n) is 3.38. The predicted molar refractivity (Wildman–Crippen MR) is 89.8 cm³/mol. The van der Waals surface area contributed by atoms with Crippen molar-refractivity contribution in [3.8, 4) is 5.75 Å². The summed E-state index contributed by atoms with van der Waals surface area (Å²) in [4.78, 5) is 11.8. The summed E-state index contributed by atoms with van der Waals surface area (Å²) in [5, 5.41) is 1.07. The standard InChI is InChI=1S/C18H15BrO3/c1-12-7-16(21-11-13-5-3-2-4-6-13)14-9-18(15(20)10-19)22-17(14)8-12/h2-9H,10-11H2,1H3. The molecule has 0 fully saturated rings. The van der Waals surface area contributed by atoms with Gasteiger partial charge in [-0.3, -0.25) is 4.79 Å². The van der Waals surface area contributed by atoms with Gasteiger partial charge in [-0.05, 0) is 36.2 Å². The van der Waals surface area contributed by atoms with E-state index >= 15 is 0 Å². The number of ether oxygens (including phenoxy) is 1. The van der Waals surface area contributed by atoms with Gasteiger partial charge in [-0.25, -0.2) is 0 Å². The highest BCUT2D eigenvalue weighted by Crippen LogP contribution is 2.31. The molecule has 1 heterocycles. The molecule has 0 radical (unpaired) electrons. The zero-order valence-corrected chi connectivity index (χ0v) is 13.7. The number of fused-ring (bicyclic) bond motifs is 1. The lowest BCUT2D eigenvalue weighted by molar-refractivity contribution is 0.0995. The number of Topliss-reactive ketones (excluding diaryl/α,β-unsaturated/α-hetero) is 1. The molecule has 112 valence electrons. The summed E-state index contributed by atoms with van der Waals surface area (Å²) in [5.74, 6) is 1.00. The molecular formula is C18H15BrO3. The maximum Gasteiger partial charge on any atom is 0.208 e. The zero-order chi connectivity index (χ0) is 15.5. The first kappa shape index (κ1) is 14.9. The molecule has 0 aliphatic carbocycles. The third-order valence-corrected chi connectivity index (χ3v) is 3.89. The molecule has 2 aromatic carbocycles. The van der Waals surface area contributed by atoms with Gasteiger partial charge in [-0.15, -0.1) is 0 Å². The minimum Gasteiger partial charge on any atom is -0.488 e.